The summed E-state index contributed by atoms with van der Waals surface area (Å²) in [5, 5.41) is 11.1. The van der Waals surface area contributed by atoms with Crippen molar-refractivity contribution in [3.63, 3.8) is 0 Å². The van der Waals surface area contributed by atoms with Crippen LogP contribution >= 0.6 is 11.3 Å². The number of hydrogen-bond donors (Lipinski definition) is 2. The third kappa shape index (κ3) is 3.83. The van der Waals surface area contributed by atoms with E-state index in [2.05, 4.69) is 4.72 Å². The number of nitrogens with one attached hydrogen (secondary N) is 1. The molecular formula is C15H18N2O4S2. The van der Waals surface area contributed by atoms with Gasteiger partial charge in [-0.1, -0.05) is 6.07 Å². The number of carboxylic acid groups (broad SMARTS) is 1. The highest BCUT2D eigenvalue weighted by atomic mass is 32.2. The smallest absolute Gasteiger partial charge is 0.337 e. The summed E-state index contributed by atoms with van der Waals surface area (Å²) in [6, 6.07) is 7.69. The summed E-state index contributed by atoms with van der Waals surface area (Å²) in [6.07, 6.45) is 0. The summed E-state index contributed by atoms with van der Waals surface area (Å²) in [7, 11) is -3.69. The number of sulfonamides is 1. The van der Waals surface area contributed by atoms with E-state index in [0.29, 0.717) is 18.8 Å². The molecule has 124 valence electrons. The molecule has 23 heavy (non-hydrogen) atoms. The average Bonchev–Trinajstić information content (AvgIpc) is 3.04. The summed E-state index contributed by atoms with van der Waals surface area (Å²) >= 11 is 1.10. The van der Waals surface area contributed by atoms with E-state index in [9.17, 15) is 18.3 Å². The highest BCUT2D eigenvalue weighted by molar-refractivity contribution is 7.94. The van der Waals surface area contributed by atoms with Crippen LogP contribution < -0.4 is 9.62 Å². The van der Waals surface area contributed by atoms with Crippen molar-refractivity contribution in [3.05, 3.63) is 41.3 Å². The average molecular weight is 354 g/mol. The van der Waals surface area contributed by atoms with Crippen LogP contribution in [0.15, 0.2) is 39.9 Å². The van der Waals surface area contributed by atoms with E-state index in [4.69, 9.17) is 0 Å². The Balaban J connectivity index is 2.39. The Hall–Kier alpha value is -2.06. The van der Waals surface area contributed by atoms with Gasteiger partial charge in [-0.2, -0.15) is 0 Å². The number of hydrogen-bond acceptors (Lipinski definition) is 5. The zero-order valence-corrected chi connectivity index (χ0v) is 14.4. The van der Waals surface area contributed by atoms with Crippen LogP contribution in [0.4, 0.5) is 11.4 Å². The zero-order chi connectivity index (χ0) is 17.0. The van der Waals surface area contributed by atoms with Gasteiger partial charge in [0.25, 0.3) is 10.0 Å². The first-order valence-corrected chi connectivity index (χ1v) is 9.44. The Morgan fingerprint density at radius 1 is 1.26 bits per heavy atom. The minimum absolute atomic E-state index is 0.0695. The van der Waals surface area contributed by atoms with Gasteiger partial charge in [-0.25, -0.2) is 13.2 Å². The van der Waals surface area contributed by atoms with Crippen LogP contribution in [-0.2, 0) is 10.0 Å². The van der Waals surface area contributed by atoms with E-state index >= 15 is 0 Å². The molecule has 0 radical (unpaired) electrons. The molecule has 0 amide bonds. The van der Waals surface area contributed by atoms with Crippen LogP contribution in [0.2, 0.25) is 0 Å². The number of carbonyl (C=O) groups is 1. The van der Waals surface area contributed by atoms with Crippen molar-refractivity contribution in [3.8, 4) is 0 Å². The Kier molecular flexibility index (Phi) is 5.27. The van der Waals surface area contributed by atoms with E-state index in [0.717, 1.165) is 11.3 Å². The number of carboxylic acids is 1. The van der Waals surface area contributed by atoms with E-state index in [1.165, 1.54) is 12.1 Å². The van der Waals surface area contributed by atoms with Gasteiger partial charge in [-0.05, 0) is 43.5 Å². The van der Waals surface area contributed by atoms with Gasteiger partial charge < -0.3 is 10.0 Å². The molecule has 0 unspecified atom stereocenters. The number of thiophene rings is 1. The molecule has 1 aromatic heterocycles. The molecule has 0 aliphatic heterocycles. The maximum atomic E-state index is 12.2. The number of anilines is 2. The molecule has 0 aliphatic carbocycles. The van der Waals surface area contributed by atoms with E-state index in [-0.39, 0.29) is 15.5 Å². The molecule has 8 heteroatoms. The molecule has 0 saturated carbocycles. The first kappa shape index (κ1) is 17.3. The van der Waals surface area contributed by atoms with Crippen LogP contribution in [0, 0.1) is 0 Å². The normalized spacial score (nSPS) is 11.2. The lowest BCUT2D eigenvalue weighted by Gasteiger charge is -2.23. The lowest BCUT2D eigenvalue weighted by Crippen LogP contribution is -2.24. The van der Waals surface area contributed by atoms with Gasteiger partial charge in [-0.15, -0.1) is 11.3 Å². The fraction of sp³-hybridized carbons (Fsp3) is 0.267. The van der Waals surface area contributed by atoms with Crippen molar-refractivity contribution < 1.29 is 18.3 Å². The summed E-state index contributed by atoms with van der Waals surface area (Å²) in [5.41, 5.74) is 0.869. The number of rotatable bonds is 7. The monoisotopic (exact) mass is 354 g/mol. The molecule has 0 atom stereocenters. The third-order valence-corrected chi connectivity index (χ3v) is 6.12. The lowest BCUT2D eigenvalue weighted by atomic mass is 10.1. The van der Waals surface area contributed by atoms with Crippen LogP contribution in [0.25, 0.3) is 0 Å². The molecule has 0 bridgehead atoms. The summed E-state index contributed by atoms with van der Waals surface area (Å²) in [5.74, 6) is -1.09. The molecule has 2 N–H and O–H groups in total. The van der Waals surface area contributed by atoms with Gasteiger partial charge in [-0.3, -0.25) is 4.72 Å². The van der Waals surface area contributed by atoms with Gasteiger partial charge in [0.05, 0.1) is 11.3 Å². The molecular weight excluding hydrogens is 336 g/mol. The predicted molar refractivity (Wildman–Crippen MR) is 92.1 cm³/mol. The largest absolute Gasteiger partial charge is 0.478 e. The van der Waals surface area contributed by atoms with Crippen molar-refractivity contribution in [1.82, 2.24) is 0 Å². The maximum Gasteiger partial charge on any atom is 0.337 e. The fourth-order valence-corrected chi connectivity index (χ4v) is 4.28. The van der Waals surface area contributed by atoms with Gasteiger partial charge in [0.1, 0.15) is 4.21 Å². The summed E-state index contributed by atoms with van der Waals surface area (Å²) in [4.78, 5) is 13.4. The van der Waals surface area contributed by atoms with Gasteiger partial charge in [0.2, 0.25) is 0 Å². The maximum absolute atomic E-state index is 12.2. The Morgan fingerprint density at radius 2 is 1.96 bits per heavy atom. The lowest BCUT2D eigenvalue weighted by molar-refractivity contribution is 0.0697. The third-order valence-electron chi connectivity index (χ3n) is 3.34. The molecule has 1 heterocycles. The number of aromatic carboxylic acids is 1. The minimum atomic E-state index is -3.69. The van der Waals surface area contributed by atoms with Crippen LogP contribution in [0.3, 0.4) is 0 Å². The quantitative estimate of drug-likeness (QED) is 0.798. The summed E-state index contributed by atoms with van der Waals surface area (Å²) < 4.78 is 27.0. The highest BCUT2D eigenvalue weighted by Crippen LogP contribution is 2.27. The Bertz CT molecular complexity index is 782. The van der Waals surface area contributed by atoms with Gasteiger partial charge in [0, 0.05) is 18.8 Å². The predicted octanol–water partition coefficient (Wildman–Crippen LogP) is 3.09. The van der Waals surface area contributed by atoms with Crippen LogP contribution in [-0.4, -0.2) is 32.6 Å². The molecule has 2 rings (SSSR count). The van der Waals surface area contributed by atoms with E-state index in [1.54, 1.807) is 23.6 Å². The Morgan fingerprint density at radius 3 is 2.48 bits per heavy atom. The SMILES string of the molecule is CCN(CC)c1ccc(NS(=O)(=O)c2cccs2)cc1C(=O)O. The van der Waals surface area contributed by atoms with E-state index in [1.807, 2.05) is 18.7 Å². The van der Waals surface area contributed by atoms with Crippen molar-refractivity contribution in [2.24, 2.45) is 0 Å². The molecule has 0 spiro atoms. The van der Waals surface area contributed by atoms with Gasteiger partial charge in [0.15, 0.2) is 0 Å². The fourth-order valence-electron chi connectivity index (χ4n) is 2.23. The van der Waals surface area contributed by atoms with Gasteiger partial charge >= 0.3 is 5.97 Å². The second-order valence-corrected chi connectivity index (χ2v) is 7.60. The molecule has 2 aromatic rings. The molecule has 6 nitrogen and oxygen atoms in total. The molecule has 1 aromatic carbocycles. The van der Waals surface area contributed by atoms with Crippen LogP contribution in [0.1, 0.15) is 24.2 Å². The molecule has 0 aliphatic rings. The number of benzene rings is 1. The standard InChI is InChI=1S/C15H18N2O4S2/c1-3-17(4-2)13-8-7-11(10-12(13)15(18)19)16-23(20,21)14-6-5-9-22-14/h5-10,16H,3-4H2,1-2H3,(H,18,19). The second kappa shape index (κ2) is 7.01. The highest BCUT2D eigenvalue weighted by Gasteiger charge is 2.19. The molecule has 0 fully saturated rings. The van der Waals surface area contributed by atoms with Crippen molar-refractivity contribution >= 4 is 38.7 Å². The minimum Gasteiger partial charge on any atom is -0.478 e. The van der Waals surface area contributed by atoms with Crippen molar-refractivity contribution in [2.45, 2.75) is 18.1 Å². The topological polar surface area (TPSA) is 86.7 Å². The Labute approximate surface area is 139 Å². The first-order valence-electron chi connectivity index (χ1n) is 7.07. The van der Waals surface area contributed by atoms with Crippen molar-refractivity contribution in [1.29, 1.82) is 0 Å². The second-order valence-electron chi connectivity index (χ2n) is 4.75. The first-order chi connectivity index (χ1) is 10.9. The molecule has 0 saturated heterocycles. The van der Waals surface area contributed by atoms with Crippen LogP contribution in [0.5, 0.6) is 0 Å². The zero-order valence-electron chi connectivity index (χ0n) is 12.8. The summed E-state index contributed by atoms with van der Waals surface area (Å²) in [6.45, 7) is 5.19. The number of nitrogens with zero attached hydrogens (tertiary/aromatic N) is 1. The van der Waals surface area contributed by atoms with Crippen molar-refractivity contribution in [2.75, 3.05) is 22.7 Å². The van der Waals surface area contributed by atoms with E-state index < -0.39 is 16.0 Å².